The quantitative estimate of drug-likeness (QED) is 0.603. The maximum atomic E-state index is 14.1. The highest BCUT2D eigenvalue weighted by Gasteiger charge is 2.59. The summed E-state index contributed by atoms with van der Waals surface area (Å²) < 4.78 is 1.59. The number of nitrogens with one attached hydrogen (secondary N) is 1. The van der Waals surface area contributed by atoms with Crippen molar-refractivity contribution in [3.8, 4) is 0 Å². The molecule has 1 N–H and O–H groups in total. The van der Waals surface area contributed by atoms with Gasteiger partial charge < -0.3 is 10.2 Å². The number of hydrogen-bond donors (Lipinski definition) is 1. The van der Waals surface area contributed by atoms with Crippen LogP contribution >= 0.6 is 11.6 Å². The van der Waals surface area contributed by atoms with E-state index in [4.69, 9.17) is 18.2 Å². The van der Waals surface area contributed by atoms with Crippen molar-refractivity contribution in [1.29, 1.82) is 0 Å². The predicted molar refractivity (Wildman–Crippen MR) is 139 cm³/mol. The van der Waals surface area contributed by atoms with Crippen LogP contribution in [0.2, 0.25) is 5.15 Å². The summed E-state index contributed by atoms with van der Waals surface area (Å²) >= 11 is 6.54. The van der Waals surface area contributed by atoms with Gasteiger partial charge in [-0.05, 0) is 44.7 Å². The van der Waals surface area contributed by atoms with E-state index in [1.807, 2.05) is 45.0 Å². The molecule has 2 fully saturated rings. The monoisotopic (exact) mass is 522 g/mol. The number of nitrogens with zero attached hydrogens (tertiary/aromatic N) is 5. The number of amides is 3. The molecular weight excluding hydrogens is 492 g/mol. The molecule has 5 rings (SSSR count). The van der Waals surface area contributed by atoms with Crippen LogP contribution in [0.4, 0.5) is 5.69 Å². The van der Waals surface area contributed by atoms with Crippen LogP contribution in [0.3, 0.4) is 0 Å². The average molecular weight is 523 g/mol. The number of halogens is 1. The fourth-order valence-electron chi connectivity index (χ4n) is 5.52. The van der Waals surface area contributed by atoms with Crippen LogP contribution in [-0.2, 0) is 20.5 Å². The molecule has 3 atom stereocenters. The van der Waals surface area contributed by atoms with E-state index in [0.717, 1.165) is 24.1 Å². The van der Waals surface area contributed by atoms with E-state index in [-0.39, 0.29) is 35.5 Å². The van der Waals surface area contributed by atoms with Gasteiger partial charge in [-0.25, -0.2) is 11.3 Å². The molecule has 2 aliphatic heterocycles. The molecule has 10 heteroatoms. The van der Waals surface area contributed by atoms with Crippen molar-refractivity contribution in [1.82, 2.24) is 19.6 Å². The maximum Gasteiger partial charge on any atom is 0.302 e. The number of anilines is 1. The van der Waals surface area contributed by atoms with Crippen molar-refractivity contribution < 1.29 is 14.4 Å². The lowest BCUT2D eigenvalue weighted by Gasteiger charge is -2.31. The predicted octanol–water partition coefficient (Wildman–Crippen LogP) is 3.90. The molecule has 194 valence electrons. The molecule has 3 amide bonds. The number of para-hydroxylation sites is 1. The number of rotatable bonds is 5. The standard InChI is InChI=1S/C27H31ClN6O3/c1-26(2,3)34-22(28)17(14-30-34)23(35)32(5)20(12-16-10-11-16)24(36)33-15-27(13-21(33)29-4)18-8-6-7-9-19(18)31-25(27)37/h6-9,14,16,20-21H,10-13,15H2,1-3,5H3,(H,31,37)/t20-,21-,27-/m0/s1. The normalized spacial score (nSPS) is 23.5. The van der Waals surface area contributed by atoms with Gasteiger partial charge in [-0.15, -0.1) is 0 Å². The zero-order valence-corrected chi connectivity index (χ0v) is 22.2. The molecule has 0 unspecified atom stereocenters. The van der Waals surface area contributed by atoms with Gasteiger partial charge >= 0.3 is 6.17 Å². The average Bonchev–Trinajstić information content (AvgIpc) is 3.35. The molecular formula is C27H31ClN6O3. The zero-order chi connectivity index (χ0) is 26.7. The van der Waals surface area contributed by atoms with E-state index in [1.165, 1.54) is 16.0 Å². The number of benzene rings is 1. The van der Waals surface area contributed by atoms with Gasteiger partial charge in [0.2, 0.25) is 5.91 Å². The fourth-order valence-corrected chi connectivity index (χ4v) is 5.94. The van der Waals surface area contributed by atoms with Crippen LogP contribution in [0, 0.1) is 12.5 Å². The first kappa shape index (κ1) is 25.3. The number of aromatic nitrogens is 2. The number of carbonyl (C=O) groups is 3. The highest BCUT2D eigenvalue weighted by Crippen LogP contribution is 2.47. The summed E-state index contributed by atoms with van der Waals surface area (Å²) in [5.74, 6) is -0.550. The van der Waals surface area contributed by atoms with Crippen LogP contribution in [0.5, 0.6) is 0 Å². The summed E-state index contributed by atoms with van der Waals surface area (Å²) in [6, 6.07) is 6.66. The van der Waals surface area contributed by atoms with Crippen molar-refractivity contribution in [3.05, 3.63) is 58.2 Å². The zero-order valence-electron chi connectivity index (χ0n) is 21.5. The topological polar surface area (TPSA) is 91.9 Å². The third-order valence-corrected chi connectivity index (χ3v) is 8.16. The molecule has 1 saturated carbocycles. The van der Waals surface area contributed by atoms with Gasteiger partial charge in [0.05, 0.1) is 23.7 Å². The lowest BCUT2D eigenvalue weighted by molar-refractivity contribution is -0.136. The number of likely N-dealkylation sites (tertiary alicyclic amines) is 1. The Morgan fingerprint density at radius 1 is 1.32 bits per heavy atom. The first-order chi connectivity index (χ1) is 17.5. The summed E-state index contributed by atoms with van der Waals surface area (Å²) in [4.78, 5) is 47.5. The Morgan fingerprint density at radius 2 is 2.03 bits per heavy atom. The number of fused-ring (bicyclic) bond motifs is 2. The highest BCUT2D eigenvalue weighted by atomic mass is 35.5. The van der Waals surface area contributed by atoms with Crippen molar-refractivity contribution in [2.24, 2.45) is 5.92 Å². The molecule has 0 radical (unpaired) electrons. The van der Waals surface area contributed by atoms with Crippen LogP contribution in [0.25, 0.3) is 4.85 Å². The summed E-state index contributed by atoms with van der Waals surface area (Å²) in [7, 11) is 1.61. The van der Waals surface area contributed by atoms with Crippen LogP contribution < -0.4 is 5.32 Å². The van der Waals surface area contributed by atoms with Crippen molar-refractivity contribution >= 4 is 35.0 Å². The van der Waals surface area contributed by atoms with E-state index < -0.39 is 29.1 Å². The Morgan fingerprint density at radius 3 is 2.65 bits per heavy atom. The van der Waals surface area contributed by atoms with Gasteiger partial charge in [-0.2, -0.15) is 5.10 Å². The van der Waals surface area contributed by atoms with Crippen molar-refractivity contribution in [3.63, 3.8) is 0 Å². The van der Waals surface area contributed by atoms with Gasteiger partial charge in [-0.3, -0.25) is 24.1 Å². The maximum absolute atomic E-state index is 14.1. The molecule has 1 spiro atoms. The Kier molecular flexibility index (Phi) is 6.06. The molecule has 9 nitrogen and oxygen atoms in total. The Hall–Kier alpha value is -3.38. The lowest BCUT2D eigenvalue weighted by Crippen LogP contribution is -2.51. The SMILES string of the molecule is [C-]#[N+][C@@H]1C[C@@]2(CN1C(=O)[C@H](CC1CC1)N(C)C(=O)c1cnn(C(C)(C)C)c1Cl)C(=O)Nc1ccccc12. The molecule has 3 heterocycles. The summed E-state index contributed by atoms with van der Waals surface area (Å²) in [5.41, 5.74) is 0.385. The summed E-state index contributed by atoms with van der Waals surface area (Å²) in [6.07, 6.45) is 3.38. The molecule has 2 aromatic rings. The minimum absolute atomic E-state index is 0.105. The van der Waals surface area contributed by atoms with Gasteiger partial charge in [0.1, 0.15) is 16.6 Å². The second-order valence-corrected chi connectivity index (χ2v) is 11.8. The smallest absolute Gasteiger partial charge is 0.302 e. The Labute approximate surface area is 221 Å². The van der Waals surface area contributed by atoms with E-state index in [1.54, 1.807) is 11.7 Å². The number of hydrogen-bond acceptors (Lipinski definition) is 4. The third kappa shape index (κ3) is 4.17. The van der Waals surface area contributed by atoms with Gasteiger partial charge in [0.15, 0.2) is 0 Å². The Balaban J connectivity index is 1.45. The second-order valence-electron chi connectivity index (χ2n) is 11.4. The molecule has 37 heavy (non-hydrogen) atoms. The van der Waals surface area contributed by atoms with Crippen molar-refractivity contribution in [2.75, 3.05) is 18.9 Å². The fraction of sp³-hybridized carbons (Fsp3) is 0.519. The number of likely N-dealkylation sites (N-methyl/N-ethyl adjacent to an activating group) is 1. The molecule has 0 bridgehead atoms. The van der Waals surface area contributed by atoms with E-state index in [9.17, 15) is 14.4 Å². The van der Waals surface area contributed by atoms with E-state index in [0.29, 0.717) is 12.3 Å². The van der Waals surface area contributed by atoms with Gasteiger partial charge in [0.25, 0.3) is 11.8 Å². The van der Waals surface area contributed by atoms with Crippen LogP contribution in [0.15, 0.2) is 30.5 Å². The van der Waals surface area contributed by atoms with Gasteiger partial charge in [-0.1, -0.05) is 42.6 Å². The second kappa shape index (κ2) is 8.88. The highest BCUT2D eigenvalue weighted by molar-refractivity contribution is 6.33. The largest absolute Gasteiger partial charge is 0.330 e. The number of carbonyl (C=O) groups excluding carboxylic acids is 3. The van der Waals surface area contributed by atoms with Crippen LogP contribution in [0.1, 0.15) is 62.4 Å². The first-order valence-electron chi connectivity index (χ1n) is 12.6. The molecule has 1 saturated heterocycles. The molecule has 1 aliphatic carbocycles. The molecule has 1 aromatic heterocycles. The van der Waals surface area contributed by atoms with Crippen molar-refractivity contribution in [2.45, 2.75) is 69.6 Å². The molecule has 1 aromatic carbocycles. The third-order valence-electron chi connectivity index (χ3n) is 7.79. The molecule has 3 aliphatic rings. The Bertz CT molecular complexity index is 1320. The lowest BCUT2D eigenvalue weighted by atomic mass is 9.80. The van der Waals surface area contributed by atoms with Gasteiger partial charge in [0, 0.05) is 19.3 Å². The van der Waals surface area contributed by atoms with E-state index >= 15 is 0 Å². The first-order valence-corrected chi connectivity index (χ1v) is 12.9. The minimum atomic E-state index is -0.967. The summed E-state index contributed by atoms with van der Waals surface area (Å²) in [5, 5.41) is 7.45. The summed E-state index contributed by atoms with van der Waals surface area (Å²) in [6.45, 7) is 13.7. The minimum Gasteiger partial charge on any atom is -0.330 e. The van der Waals surface area contributed by atoms with Crippen LogP contribution in [-0.4, -0.2) is 63.1 Å². The van der Waals surface area contributed by atoms with E-state index in [2.05, 4.69) is 15.3 Å².